The summed E-state index contributed by atoms with van der Waals surface area (Å²) >= 11 is 3.34. The summed E-state index contributed by atoms with van der Waals surface area (Å²) in [7, 11) is 0. The fourth-order valence-electron chi connectivity index (χ4n) is 1.55. The normalized spacial score (nSPS) is 13.8. The molecule has 0 amide bonds. The van der Waals surface area contributed by atoms with Crippen LogP contribution >= 0.6 is 15.9 Å². The van der Waals surface area contributed by atoms with Gasteiger partial charge >= 0.3 is 6.18 Å². The molecule has 0 aliphatic heterocycles. The average Bonchev–Trinajstić information content (AvgIpc) is 2.25. The van der Waals surface area contributed by atoms with Crippen molar-refractivity contribution >= 4 is 15.9 Å². The molecule has 0 radical (unpaired) electrons. The van der Waals surface area contributed by atoms with Crippen LogP contribution in [0, 0.1) is 0 Å². The molecule has 0 fully saturated rings. The zero-order valence-corrected chi connectivity index (χ0v) is 10.6. The first-order valence-corrected chi connectivity index (χ1v) is 6.30. The van der Waals surface area contributed by atoms with Crippen molar-refractivity contribution in [2.75, 3.05) is 5.33 Å². The summed E-state index contributed by atoms with van der Waals surface area (Å²) in [5.74, 6) is 0.305. The zero-order valence-electron chi connectivity index (χ0n) is 9.02. The van der Waals surface area contributed by atoms with Gasteiger partial charge in [0, 0.05) is 5.33 Å². The molecular formula is C12H14BrF3. The first kappa shape index (κ1) is 13.6. The van der Waals surface area contributed by atoms with Crippen molar-refractivity contribution < 1.29 is 13.2 Å². The highest BCUT2D eigenvalue weighted by molar-refractivity contribution is 9.09. The monoisotopic (exact) mass is 294 g/mol. The third-order valence-corrected chi connectivity index (χ3v) is 3.14. The molecule has 0 aromatic heterocycles. The van der Waals surface area contributed by atoms with Crippen molar-refractivity contribution in [2.24, 2.45) is 0 Å². The number of rotatable bonds is 4. The summed E-state index contributed by atoms with van der Waals surface area (Å²) in [6.07, 6.45) is -2.23. The number of alkyl halides is 4. The van der Waals surface area contributed by atoms with E-state index < -0.39 is 11.7 Å². The molecule has 0 bridgehead atoms. The van der Waals surface area contributed by atoms with E-state index in [4.69, 9.17) is 0 Å². The lowest BCUT2D eigenvalue weighted by atomic mass is 9.96. The van der Waals surface area contributed by atoms with Gasteiger partial charge in [0.25, 0.3) is 0 Å². The summed E-state index contributed by atoms with van der Waals surface area (Å²) in [5.41, 5.74) is 0.387. The van der Waals surface area contributed by atoms with Crippen molar-refractivity contribution in [1.29, 1.82) is 0 Å². The van der Waals surface area contributed by atoms with Gasteiger partial charge in [-0.1, -0.05) is 35.0 Å². The number of hydrogen-bond donors (Lipinski definition) is 0. The molecule has 90 valence electrons. The third-order valence-electron chi connectivity index (χ3n) is 2.58. The molecule has 1 aromatic rings. The summed E-state index contributed by atoms with van der Waals surface area (Å²) in [4.78, 5) is 0. The summed E-state index contributed by atoms with van der Waals surface area (Å²) in [6, 6.07) is 5.45. The van der Waals surface area contributed by atoms with Gasteiger partial charge in [-0.25, -0.2) is 0 Å². The third kappa shape index (κ3) is 3.81. The highest BCUT2D eigenvalue weighted by Crippen LogP contribution is 2.30. The van der Waals surface area contributed by atoms with Gasteiger partial charge in [0.1, 0.15) is 0 Å². The molecule has 0 saturated heterocycles. The quantitative estimate of drug-likeness (QED) is 0.687. The zero-order chi connectivity index (χ0) is 12.2. The standard InChI is InChI=1S/C12H14BrF3/c1-9(3-2-8-13)10-4-6-11(7-5-10)12(14,15)16/h4-7,9H,2-3,8H2,1H3. The van der Waals surface area contributed by atoms with E-state index in [1.165, 1.54) is 0 Å². The van der Waals surface area contributed by atoms with E-state index in [2.05, 4.69) is 15.9 Å². The van der Waals surface area contributed by atoms with Crippen LogP contribution in [0.4, 0.5) is 13.2 Å². The maximum atomic E-state index is 12.3. The Balaban J connectivity index is 2.71. The molecule has 1 rings (SSSR count). The Kier molecular flexibility index (Phi) is 4.84. The van der Waals surface area contributed by atoms with Gasteiger partial charge in [0.05, 0.1) is 5.56 Å². The Morgan fingerprint density at radius 3 is 2.19 bits per heavy atom. The van der Waals surface area contributed by atoms with Gasteiger partial charge in [0.2, 0.25) is 0 Å². The largest absolute Gasteiger partial charge is 0.416 e. The van der Waals surface area contributed by atoms with Crippen molar-refractivity contribution in [2.45, 2.75) is 31.9 Å². The van der Waals surface area contributed by atoms with E-state index in [0.717, 1.165) is 35.9 Å². The maximum Gasteiger partial charge on any atom is 0.416 e. The summed E-state index contributed by atoms with van der Waals surface area (Å²) in [6.45, 7) is 2.03. The minimum Gasteiger partial charge on any atom is -0.166 e. The molecule has 1 aromatic carbocycles. The van der Waals surface area contributed by atoms with Crippen molar-refractivity contribution in [3.05, 3.63) is 35.4 Å². The number of halogens is 4. The van der Waals surface area contributed by atoms with Crippen LogP contribution in [0.15, 0.2) is 24.3 Å². The predicted molar refractivity (Wildman–Crippen MR) is 62.9 cm³/mol. The molecule has 0 spiro atoms. The van der Waals surface area contributed by atoms with Crippen LogP contribution in [0.2, 0.25) is 0 Å². The molecular weight excluding hydrogens is 281 g/mol. The van der Waals surface area contributed by atoms with E-state index >= 15 is 0 Å². The van der Waals surface area contributed by atoms with E-state index in [-0.39, 0.29) is 0 Å². The highest BCUT2D eigenvalue weighted by Gasteiger charge is 2.30. The number of benzene rings is 1. The first-order chi connectivity index (χ1) is 7.45. The van der Waals surface area contributed by atoms with Gasteiger partial charge in [-0.3, -0.25) is 0 Å². The van der Waals surface area contributed by atoms with Crippen LogP contribution in [0.3, 0.4) is 0 Å². The Morgan fingerprint density at radius 2 is 1.75 bits per heavy atom. The minimum absolute atomic E-state index is 0.305. The Morgan fingerprint density at radius 1 is 1.19 bits per heavy atom. The van der Waals surface area contributed by atoms with Crippen LogP contribution in [0.5, 0.6) is 0 Å². The van der Waals surface area contributed by atoms with Crippen molar-refractivity contribution in [1.82, 2.24) is 0 Å². The second kappa shape index (κ2) is 5.71. The molecule has 0 nitrogen and oxygen atoms in total. The van der Waals surface area contributed by atoms with E-state index in [1.54, 1.807) is 12.1 Å². The van der Waals surface area contributed by atoms with E-state index in [9.17, 15) is 13.2 Å². The van der Waals surface area contributed by atoms with Crippen molar-refractivity contribution in [3.63, 3.8) is 0 Å². The van der Waals surface area contributed by atoms with Gasteiger partial charge in [-0.2, -0.15) is 13.2 Å². The number of hydrogen-bond acceptors (Lipinski definition) is 0. The topological polar surface area (TPSA) is 0 Å². The Hall–Kier alpha value is -0.510. The smallest absolute Gasteiger partial charge is 0.166 e. The van der Waals surface area contributed by atoms with E-state index in [0.29, 0.717) is 5.92 Å². The lowest BCUT2D eigenvalue weighted by molar-refractivity contribution is -0.137. The van der Waals surface area contributed by atoms with Crippen LogP contribution in [-0.4, -0.2) is 5.33 Å². The second-order valence-electron chi connectivity index (χ2n) is 3.85. The average molecular weight is 295 g/mol. The molecule has 16 heavy (non-hydrogen) atoms. The molecule has 0 heterocycles. The second-order valence-corrected chi connectivity index (χ2v) is 4.65. The SMILES string of the molecule is CC(CCCBr)c1ccc(C(F)(F)F)cc1. The lowest BCUT2D eigenvalue weighted by Crippen LogP contribution is -2.05. The molecule has 0 aliphatic rings. The Labute approximate surface area is 102 Å². The molecule has 4 heteroatoms. The fraction of sp³-hybridized carbons (Fsp3) is 0.500. The molecule has 0 N–H and O–H groups in total. The maximum absolute atomic E-state index is 12.3. The predicted octanol–water partition coefficient (Wildman–Crippen LogP) is 4.98. The van der Waals surface area contributed by atoms with Gasteiger partial charge in [-0.05, 0) is 36.5 Å². The van der Waals surface area contributed by atoms with Gasteiger partial charge in [-0.15, -0.1) is 0 Å². The lowest BCUT2D eigenvalue weighted by Gasteiger charge is -2.12. The Bertz CT molecular complexity index is 316. The van der Waals surface area contributed by atoms with Gasteiger partial charge in [0.15, 0.2) is 0 Å². The molecule has 0 saturated carbocycles. The molecule has 1 atom stereocenters. The summed E-state index contributed by atoms with van der Waals surface area (Å²) in [5, 5.41) is 0.929. The fourth-order valence-corrected chi connectivity index (χ4v) is 1.87. The minimum atomic E-state index is -4.24. The molecule has 0 aliphatic carbocycles. The highest BCUT2D eigenvalue weighted by atomic mass is 79.9. The van der Waals surface area contributed by atoms with Crippen LogP contribution in [0.1, 0.15) is 36.8 Å². The molecule has 1 unspecified atom stereocenters. The summed E-state index contributed by atoms with van der Waals surface area (Å²) < 4.78 is 37.0. The van der Waals surface area contributed by atoms with E-state index in [1.807, 2.05) is 6.92 Å². The van der Waals surface area contributed by atoms with Crippen LogP contribution in [0.25, 0.3) is 0 Å². The van der Waals surface area contributed by atoms with Gasteiger partial charge < -0.3 is 0 Å². The first-order valence-electron chi connectivity index (χ1n) is 5.18. The van der Waals surface area contributed by atoms with Crippen LogP contribution < -0.4 is 0 Å². The van der Waals surface area contributed by atoms with Crippen molar-refractivity contribution in [3.8, 4) is 0 Å². The van der Waals surface area contributed by atoms with Crippen LogP contribution in [-0.2, 0) is 6.18 Å².